The third kappa shape index (κ3) is 3.50. The third-order valence-electron chi connectivity index (χ3n) is 9.64. The summed E-state index contributed by atoms with van der Waals surface area (Å²) < 4.78 is 6.74. The van der Waals surface area contributed by atoms with Gasteiger partial charge in [0.1, 0.15) is 11.5 Å². The van der Waals surface area contributed by atoms with Gasteiger partial charge in [-0.2, -0.15) is 0 Å². The molecule has 0 saturated carbocycles. The summed E-state index contributed by atoms with van der Waals surface area (Å²) in [6.07, 6.45) is 0. The average molecular weight is 571 g/mol. The second-order valence-electron chi connectivity index (χ2n) is 12.0. The molecule has 9 aromatic carbocycles. The zero-order valence-electron chi connectivity index (χ0n) is 24.4. The average Bonchev–Trinajstić information content (AvgIpc) is 3.11. The first-order chi connectivity index (χ1) is 22.3. The summed E-state index contributed by atoms with van der Waals surface area (Å²) in [7, 11) is 0. The molecule has 0 radical (unpaired) electrons. The van der Waals surface area contributed by atoms with E-state index < -0.39 is 0 Å². The van der Waals surface area contributed by atoms with E-state index in [9.17, 15) is 0 Å². The van der Waals surface area contributed by atoms with Gasteiger partial charge in [-0.3, -0.25) is 0 Å². The summed E-state index contributed by atoms with van der Waals surface area (Å²) >= 11 is 0. The number of rotatable bonds is 2. The minimum Gasteiger partial charge on any atom is -0.455 e. The van der Waals surface area contributed by atoms with Crippen molar-refractivity contribution in [2.75, 3.05) is 0 Å². The van der Waals surface area contributed by atoms with Crippen molar-refractivity contribution in [2.45, 2.75) is 0 Å². The lowest BCUT2D eigenvalue weighted by Crippen LogP contribution is -1.99. The van der Waals surface area contributed by atoms with Gasteiger partial charge in [-0.1, -0.05) is 133 Å². The number of fused-ring (bicyclic) bond motifs is 8. The Morgan fingerprint density at radius 3 is 1.91 bits per heavy atom. The van der Waals surface area contributed by atoms with E-state index in [1.54, 1.807) is 0 Å². The largest absolute Gasteiger partial charge is 0.455 e. The smallest absolute Gasteiger partial charge is 0.143 e. The van der Waals surface area contributed by atoms with Crippen molar-refractivity contribution in [1.82, 2.24) is 0 Å². The Morgan fingerprint density at radius 2 is 1.02 bits per heavy atom. The summed E-state index contributed by atoms with van der Waals surface area (Å²) in [5.41, 5.74) is 7.35. The molecule has 0 unspecified atom stereocenters. The molecule has 1 nitrogen and oxygen atoms in total. The number of benzene rings is 9. The molecule has 1 aliphatic rings. The first-order valence-electron chi connectivity index (χ1n) is 15.5. The van der Waals surface area contributed by atoms with Gasteiger partial charge in [0.25, 0.3) is 0 Å². The number of hydrogen-bond donors (Lipinski definition) is 0. The minimum atomic E-state index is 0.913. The van der Waals surface area contributed by atoms with E-state index in [4.69, 9.17) is 4.74 Å². The molecule has 9 aromatic rings. The molecule has 0 saturated heterocycles. The number of ether oxygens (including phenoxy) is 1. The van der Waals surface area contributed by atoms with Crippen LogP contribution in [0.3, 0.4) is 0 Å². The molecule has 1 aliphatic heterocycles. The predicted octanol–water partition coefficient (Wildman–Crippen LogP) is 12.6. The van der Waals surface area contributed by atoms with E-state index in [0.717, 1.165) is 22.4 Å². The molecule has 1 heterocycles. The van der Waals surface area contributed by atoms with Gasteiger partial charge in [0.05, 0.1) is 0 Å². The molecule has 0 aromatic heterocycles. The van der Waals surface area contributed by atoms with Gasteiger partial charge in [0.2, 0.25) is 0 Å². The van der Waals surface area contributed by atoms with Gasteiger partial charge >= 0.3 is 0 Å². The van der Waals surface area contributed by atoms with Crippen LogP contribution in [0.5, 0.6) is 11.5 Å². The molecule has 0 spiro atoms. The van der Waals surface area contributed by atoms with Crippen molar-refractivity contribution in [2.24, 2.45) is 0 Å². The summed E-state index contributed by atoms with van der Waals surface area (Å²) in [5.74, 6) is 1.85. The quantitative estimate of drug-likeness (QED) is 0.148. The Balaban J connectivity index is 1.29. The molecule has 0 N–H and O–H groups in total. The van der Waals surface area contributed by atoms with E-state index in [2.05, 4.69) is 158 Å². The maximum Gasteiger partial charge on any atom is 0.143 e. The maximum atomic E-state index is 6.74. The van der Waals surface area contributed by atoms with Crippen molar-refractivity contribution in [3.05, 3.63) is 158 Å². The normalized spacial score (nSPS) is 12.2. The van der Waals surface area contributed by atoms with Gasteiger partial charge in [0, 0.05) is 16.3 Å². The zero-order valence-corrected chi connectivity index (χ0v) is 24.4. The molecule has 1 heteroatoms. The fourth-order valence-corrected chi connectivity index (χ4v) is 7.64. The minimum absolute atomic E-state index is 0.913. The van der Waals surface area contributed by atoms with Crippen LogP contribution in [0.2, 0.25) is 0 Å². The Kier molecular flexibility index (Phi) is 5.06. The highest BCUT2D eigenvalue weighted by Crippen LogP contribution is 2.52. The standard InChI is InChI=1S/C44H26O/c1-2-10-27(11-3-1)30-16-8-17-33-34(30)22-23-38-40(33)26-29-13-5-6-14-31(29)42(38)37-24-25-41-43-35(37)18-9-19-36(43)39-21-20-28-12-4-7-15-32(28)44(39)45-41/h1-26H. The molecule has 0 fully saturated rings. The molecule has 0 aliphatic carbocycles. The van der Waals surface area contributed by atoms with Crippen molar-refractivity contribution >= 4 is 53.9 Å². The van der Waals surface area contributed by atoms with Crippen LogP contribution in [0.15, 0.2) is 158 Å². The summed E-state index contributed by atoms with van der Waals surface area (Å²) in [5, 5.41) is 12.3. The van der Waals surface area contributed by atoms with Crippen molar-refractivity contribution in [1.29, 1.82) is 0 Å². The number of hydrogen-bond acceptors (Lipinski definition) is 1. The van der Waals surface area contributed by atoms with Gasteiger partial charge in [-0.25, -0.2) is 0 Å². The fraction of sp³-hybridized carbons (Fsp3) is 0. The van der Waals surface area contributed by atoms with Crippen molar-refractivity contribution in [3.8, 4) is 44.9 Å². The predicted molar refractivity (Wildman–Crippen MR) is 190 cm³/mol. The van der Waals surface area contributed by atoms with Gasteiger partial charge in [-0.15, -0.1) is 0 Å². The molecule has 0 amide bonds. The Morgan fingerprint density at radius 1 is 0.333 bits per heavy atom. The van der Waals surface area contributed by atoms with E-state index in [0.29, 0.717) is 0 Å². The molecular weight excluding hydrogens is 544 g/mol. The highest BCUT2D eigenvalue weighted by molar-refractivity contribution is 6.24. The van der Waals surface area contributed by atoms with Crippen molar-refractivity contribution < 1.29 is 4.74 Å². The van der Waals surface area contributed by atoms with E-state index >= 15 is 0 Å². The van der Waals surface area contributed by atoms with Crippen LogP contribution in [-0.2, 0) is 0 Å². The Bertz CT molecular complexity index is 2670. The molecule has 0 bridgehead atoms. The van der Waals surface area contributed by atoms with E-state index in [1.807, 2.05) is 0 Å². The van der Waals surface area contributed by atoms with Crippen LogP contribution in [0.25, 0.3) is 87.2 Å². The van der Waals surface area contributed by atoms with Gasteiger partial charge in [0.15, 0.2) is 0 Å². The Labute approximate surface area is 260 Å². The lowest BCUT2D eigenvalue weighted by Gasteiger charge is -2.24. The van der Waals surface area contributed by atoms with Crippen LogP contribution in [-0.4, -0.2) is 0 Å². The van der Waals surface area contributed by atoms with Gasteiger partial charge in [-0.05, 0) is 95.2 Å². The first kappa shape index (κ1) is 24.5. The Hall–Kier alpha value is -5.92. The molecule has 0 atom stereocenters. The second-order valence-corrected chi connectivity index (χ2v) is 12.0. The molecule has 45 heavy (non-hydrogen) atoms. The topological polar surface area (TPSA) is 9.23 Å². The molecule has 208 valence electrons. The lowest BCUT2D eigenvalue weighted by atomic mass is 9.85. The summed E-state index contributed by atoms with van der Waals surface area (Å²) in [6, 6.07) is 57.3. The fourth-order valence-electron chi connectivity index (χ4n) is 7.64. The highest BCUT2D eigenvalue weighted by Gasteiger charge is 2.24. The molecule has 10 rings (SSSR count). The van der Waals surface area contributed by atoms with Crippen LogP contribution >= 0.6 is 0 Å². The van der Waals surface area contributed by atoms with Crippen LogP contribution in [0.4, 0.5) is 0 Å². The van der Waals surface area contributed by atoms with Crippen LogP contribution in [0.1, 0.15) is 0 Å². The third-order valence-corrected chi connectivity index (χ3v) is 9.64. The van der Waals surface area contributed by atoms with E-state index in [1.165, 1.54) is 76.3 Å². The van der Waals surface area contributed by atoms with Gasteiger partial charge < -0.3 is 4.74 Å². The summed E-state index contributed by atoms with van der Waals surface area (Å²) in [4.78, 5) is 0. The summed E-state index contributed by atoms with van der Waals surface area (Å²) in [6.45, 7) is 0. The SMILES string of the molecule is c1ccc(-c2cccc3c2ccc2c(-c4ccc5c6c(cccc46)-c4ccc6ccccc6c4O5)c4ccccc4cc23)cc1. The first-order valence-corrected chi connectivity index (χ1v) is 15.5. The lowest BCUT2D eigenvalue weighted by molar-refractivity contribution is 0.493. The highest BCUT2D eigenvalue weighted by atomic mass is 16.5. The van der Waals surface area contributed by atoms with Crippen LogP contribution in [0, 0.1) is 0 Å². The van der Waals surface area contributed by atoms with E-state index in [-0.39, 0.29) is 0 Å². The zero-order chi connectivity index (χ0) is 29.5. The van der Waals surface area contributed by atoms with Crippen molar-refractivity contribution in [3.63, 3.8) is 0 Å². The second kappa shape index (κ2) is 9.29. The maximum absolute atomic E-state index is 6.74. The molecular formula is C44H26O. The monoisotopic (exact) mass is 570 g/mol. The van der Waals surface area contributed by atoms with Crippen LogP contribution < -0.4 is 4.74 Å².